The van der Waals surface area contributed by atoms with Gasteiger partial charge in [0.25, 0.3) is 5.92 Å². The second-order valence-electron chi connectivity index (χ2n) is 9.53. The third-order valence-electron chi connectivity index (χ3n) is 6.65. The number of piperidine rings is 1. The van der Waals surface area contributed by atoms with Gasteiger partial charge in [-0.25, -0.2) is 23.7 Å². The van der Waals surface area contributed by atoms with Crippen molar-refractivity contribution in [3.8, 4) is 17.2 Å². The van der Waals surface area contributed by atoms with Gasteiger partial charge in [0.2, 0.25) is 0 Å². The first-order valence-electron chi connectivity index (χ1n) is 12.3. The lowest BCUT2D eigenvalue weighted by atomic mass is 10.0. The number of halogens is 2. The minimum atomic E-state index is -2.96. The van der Waals surface area contributed by atoms with Crippen molar-refractivity contribution in [2.45, 2.75) is 25.4 Å². The summed E-state index contributed by atoms with van der Waals surface area (Å²) < 4.78 is 43.4. The molecule has 0 spiro atoms. The molecule has 1 aliphatic heterocycles. The van der Waals surface area contributed by atoms with Crippen LogP contribution >= 0.6 is 0 Å². The monoisotopic (exact) mass is 516 g/mol. The highest BCUT2D eigenvalue weighted by molar-refractivity contribution is 5.95. The van der Waals surface area contributed by atoms with E-state index in [9.17, 15) is 8.78 Å². The lowest BCUT2D eigenvalue weighted by molar-refractivity contribution is -0.134. The molecule has 1 aliphatic rings. The van der Waals surface area contributed by atoms with Gasteiger partial charge in [-0.1, -0.05) is 6.07 Å². The minimum absolute atomic E-state index is 0.227. The average molecular weight is 517 g/mol. The Morgan fingerprint density at radius 3 is 2.76 bits per heavy atom. The molecule has 6 rings (SSSR count). The number of hydrogen-bond acceptors (Lipinski definition) is 7. The number of nitrogens with one attached hydrogen (secondary N) is 1. The normalized spacial score (nSPS) is 17.5. The van der Waals surface area contributed by atoms with Gasteiger partial charge < -0.3 is 24.1 Å². The van der Waals surface area contributed by atoms with Crippen LogP contribution in [0.2, 0.25) is 0 Å². The average Bonchev–Trinajstić information content (AvgIpc) is 3.35. The Balaban J connectivity index is 1.26. The molecule has 1 fully saturated rings. The highest BCUT2D eigenvalue weighted by atomic mass is 19.3. The van der Waals surface area contributed by atoms with Crippen LogP contribution in [-0.4, -0.2) is 56.4 Å². The Hall–Kier alpha value is -4.31. The zero-order valence-corrected chi connectivity index (χ0v) is 20.9. The lowest BCUT2D eigenvalue weighted by Crippen LogP contribution is -2.52. The van der Waals surface area contributed by atoms with E-state index in [0.717, 1.165) is 16.9 Å². The zero-order valence-electron chi connectivity index (χ0n) is 20.9. The molecule has 1 atom stereocenters. The summed E-state index contributed by atoms with van der Waals surface area (Å²) in [7, 11) is 1.69. The van der Waals surface area contributed by atoms with Gasteiger partial charge in [0.15, 0.2) is 6.10 Å². The van der Waals surface area contributed by atoms with Gasteiger partial charge in [-0.3, -0.25) is 0 Å². The Labute approximate surface area is 217 Å². The number of alkyl halides is 2. The van der Waals surface area contributed by atoms with Crippen LogP contribution in [0.5, 0.6) is 17.2 Å². The summed E-state index contributed by atoms with van der Waals surface area (Å²) in [4.78, 5) is 14.6. The van der Waals surface area contributed by atoms with Gasteiger partial charge in [0, 0.05) is 43.3 Å². The van der Waals surface area contributed by atoms with Crippen molar-refractivity contribution in [2.75, 3.05) is 25.5 Å². The number of nitrogens with zero attached hydrogens (tertiary/aromatic N) is 5. The van der Waals surface area contributed by atoms with Crippen molar-refractivity contribution in [3.05, 3.63) is 79.0 Å². The Kier molecular flexibility index (Phi) is 6.03. The van der Waals surface area contributed by atoms with E-state index in [-0.39, 0.29) is 13.0 Å². The number of anilines is 2. The highest BCUT2D eigenvalue weighted by Gasteiger charge is 2.45. The number of aryl methyl sites for hydroxylation is 1. The minimum Gasteiger partial charge on any atom is -0.483 e. The Morgan fingerprint density at radius 2 is 1.92 bits per heavy atom. The van der Waals surface area contributed by atoms with Gasteiger partial charge in [-0.15, -0.1) is 0 Å². The van der Waals surface area contributed by atoms with E-state index in [0.29, 0.717) is 40.5 Å². The molecule has 1 saturated heterocycles. The molecule has 5 aromatic rings. The molecule has 1 N–H and O–H groups in total. The van der Waals surface area contributed by atoms with Crippen LogP contribution in [-0.2, 0) is 0 Å². The summed E-state index contributed by atoms with van der Waals surface area (Å²) in [5, 5.41) is 3.86. The first kappa shape index (κ1) is 24.1. The number of likely N-dealkylation sites (tertiary alicyclic amines) is 1. The van der Waals surface area contributed by atoms with Crippen LogP contribution in [0.15, 0.2) is 73.4 Å². The Morgan fingerprint density at radius 1 is 1.03 bits per heavy atom. The molecule has 38 heavy (non-hydrogen) atoms. The van der Waals surface area contributed by atoms with Crippen LogP contribution in [0.3, 0.4) is 0 Å². The summed E-state index contributed by atoms with van der Waals surface area (Å²) in [5.41, 5.74) is 3.06. The number of hydrogen-bond donors (Lipinski definition) is 1. The maximum Gasteiger partial charge on any atom is 0.296 e. The first-order chi connectivity index (χ1) is 18.4. The predicted molar refractivity (Wildman–Crippen MR) is 141 cm³/mol. The van der Waals surface area contributed by atoms with Crippen molar-refractivity contribution < 1.29 is 18.3 Å². The predicted octanol–water partition coefficient (Wildman–Crippen LogP) is 5.84. The topological polar surface area (TPSA) is 76.8 Å². The maximum atomic E-state index is 14.7. The van der Waals surface area contributed by atoms with Crippen molar-refractivity contribution in [3.63, 3.8) is 0 Å². The van der Waals surface area contributed by atoms with Gasteiger partial charge in [0.1, 0.15) is 35.0 Å². The third kappa shape index (κ3) is 4.70. The number of rotatable bonds is 6. The van der Waals surface area contributed by atoms with E-state index >= 15 is 0 Å². The lowest BCUT2D eigenvalue weighted by Gasteiger charge is -2.36. The summed E-state index contributed by atoms with van der Waals surface area (Å²) in [6.45, 7) is 2.15. The standard InChI is InChI=1S/C28H26F2N6O2/c1-18-14-19(6-7-22(18)37-20-8-12-36-13-10-31-25(36)15-20)34-27-26-21(32-17-33-27)4-3-5-23(26)38-24-9-11-35(2)16-28(24,29)30/h3-8,10,12-15,17,24H,9,11,16H2,1-2H3,(H,32,33,34). The van der Waals surface area contributed by atoms with E-state index in [1.54, 1.807) is 36.3 Å². The maximum absolute atomic E-state index is 14.7. The van der Waals surface area contributed by atoms with Crippen molar-refractivity contribution >= 4 is 28.1 Å². The number of benzene rings is 2. The fraction of sp³-hybridized carbons (Fsp3) is 0.250. The van der Waals surface area contributed by atoms with Crippen molar-refractivity contribution in [1.29, 1.82) is 0 Å². The molecule has 4 heterocycles. The smallest absolute Gasteiger partial charge is 0.296 e. The van der Waals surface area contributed by atoms with Gasteiger partial charge in [-0.2, -0.15) is 0 Å². The quantitative estimate of drug-likeness (QED) is 0.304. The molecule has 3 aromatic heterocycles. The number of ether oxygens (including phenoxy) is 2. The second kappa shape index (κ2) is 9.53. The number of pyridine rings is 1. The SMILES string of the molecule is Cc1cc(Nc2ncnc3cccc(OC4CCN(C)CC4(F)F)c23)ccc1Oc1ccn2ccnc2c1. The van der Waals surface area contributed by atoms with Crippen molar-refractivity contribution in [2.24, 2.45) is 0 Å². The zero-order chi connectivity index (χ0) is 26.3. The number of imidazole rings is 1. The highest BCUT2D eigenvalue weighted by Crippen LogP contribution is 2.37. The van der Waals surface area contributed by atoms with Gasteiger partial charge in [0.05, 0.1) is 17.4 Å². The van der Waals surface area contributed by atoms with Crippen LogP contribution in [0.4, 0.5) is 20.3 Å². The molecule has 194 valence electrons. The first-order valence-corrected chi connectivity index (χ1v) is 12.3. The molecule has 10 heteroatoms. The Bertz CT molecular complexity index is 1620. The summed E-state index contributed by atoms with van der Waals surface area (Å²) >= 11 is 0. The van der Waals surface area contributed by atoms with E-state index in [1.165, 1.54) is 6.33 Å². The van der Waals surface area contributed by atoms with Gasteiger partial charge >= 0.3 is 0 Å². The molecule has 0 amide bonds. The van der Waals surface area contributed by atoms with E-state index in [4.69, 9.17) is 9.47 Å². The molecule has 0 bridgehead atoms. The molecule has 2 aromatic carbocycles. The van der Waals surface area contributed by atoms with Gasteiger partial charge in [-0.05, 0) is 55.9 Å². The summed E-state index contributed by atoms with van der Waals surface area (Å²) in [6, 6.07) is 14.7. The van der Waals surface area contributed by atoms with Crippen LogP contribution in [0.25, 0.3) is 16.6 Å². The molecular formula is C28H26F2N6O2. The number of aromatic nitrogens is 4. The van der Waals surface area contributed by atoms with Crippen LogP contribution in [0.1, 0.15) is 12.0 Å². The molecule has 0 saturated carbocycles. The van der Waals surface area contributed by atoms with Crippen molar-refractivity contribution in [1.82, 2.24) is 24.3 Å². The molecular weight excluding hydrogens is 490 g/mol. The summed E-state index contributed by atoms with van der Waals surface area (Å²) in [6.07, 6.45) is 5.94. The molecule has 0 radical (unpaired) electrons. The summed E-state index contributed by atoms with van der Waals surface area (Å²) in [5.74, 6) is -0.784. The molecule has 8 nitrogen and oxygen atoms in total. The molecule has 0 aliphatic carbocycles. The molecule has 1 unspecified atom stereocenters. The fourth-order valence-electron chi connectivity index (χ4n) is 4.72. The van der Waals surface area contributed by atoms with E-state index < -0.39 is 12.0 Å². The van der Waals surface area contributed by atoms with E-state index in [2.05, 4.69) is 20.3 Å². The number of fused-ring (bicyclic) bond motifs is 2. The van der Waals surface area contributed by atoms with Crippen LogP contribution < -0.4 is 14.8 Å². The second-order valence-corrected chi connectivity index (χ2v) is 9.53. The largest absolute Gasteiger partial charge is 0.483 e. The fourth-order valence-corrected chi connectivity index (χ4v) is 4.72. The third-order valence-corrected chi connectivity index (χ3v) is 6.65. The van der Waals surface area contributed by atoms with Crippen LogP contribution in [0, 0.1) is 6.92 Å². The van der Waals surface area contributed by atoms with E-state index in [1.807, 2.05) is 54.0 Å².